The number of nitrogens with two attached hydrogens (primary N) is 1. The molecule has 1 aromatic carbocycles. The topological polar surface area (TPSA) is 55.6 Å². The van der Waals surface area contributed by atoms with Crippen molar-refractivity contribution >= 4 is 29.1 Å². The second-order valence-corrected chi connectivity index (χ2v) is 5.41. The van der Waals surface area contributed by atoms with Crippen molar-refractivity contribution in [1.29, 1.82) is 0 Å². The Morgan fingerprint density at radius 3 is 2.95 bits per heavy atom. The van der Waals surface area contributed by atoms with E-state index in [1.54, 1.807) is 23.1 Å². The van der Waals surface area contributed by atoms with Gasteiger partial charge in [0.05, 0.1) is 28.3 Å². The molecule has 0 saturated carbocycles. The number of nitrogens with zero attached hydrogens (tertiary/aromatic N) is 1. The Morgan fingerprint density at radius 2 is 2.26 bits per heavy atom. The molecule has 0 aliphatic carbocycles. The molecule has 1 aliphatic rings. The van der Waals surface area contributed by atoms with E-state index in [1.807, 2.05) is 6.92 Å². The number of amides is 1. The summed E-state index contributed by atoms with van der Waals surface area (Å²) in [6, 6.07) is 4.92. The maximum absolute atomic E-state index is 12.4. The largest absolute Gasteiger partial charge is 0.373 e. The van der Waals surface area contributed by atoms with Crippen molar-refractivity contribution in [2.24, 2.45) is 5.73 Å². The lowest BCUT2D eigenvalue weighted by Gasteiger charge is -2.34. The first-order chi connectivity index (χ1) is 9.00. The van der Waals surface area contributed by atoms with Crippen LogP contribution in [0.3, 0.4) is 0 Å². The third kappa shape index (κ3) is 3.20. The third-order valence-electron chi connectivity index (χ3n) is 3.15. The smallest absolute Gasteiger partial charge is 0.255 e. The van der Waals surface area contributed by atoms with Gasteiger partial charge >= 0.3 is 0 Å². The molecule has 104 valence electrons. The molecule has 6 heteroatoms. The number of benzene rings is 1. The lowest BCUT2D eigenvalue weighted by Crippen LogP contribution is -2.51. The molecule has 1 amide bonds. The van der Waals surface area contributed by atoms with Gasteiger partial charge in [-0.25, -0.2) is 0 Å². The van der Waals surface area contributed by atoms with Crippen LogP contribution in [0.4, 0.5) is 0 Å². The number of carbonyl (C=O) groups is 1. The Hall–Kier alpha value is -0.810. The highest BCUT2D eigenvalue weighted by Crippen LogP contribution is 2.27. The minimum Gasteiger partial charge on any atom is -0.373 e. The van der Waals surface area contributed by atoms with Crippen LogP contribution in [0.5, 0.6) is 0 Å². The molecule has 0 aromatic heterocycles. The summed E-state index contributed by atoms with van der Waals surface area (Å²) in [7, 11) is 0. The molecule has 4 nitrogen and oxygen atoms in total. The Morgan fingerprint density at radius 1 is 1.53 bits per heavy atom. The van der Waals surface area contributed by atoms with Gasteiger partial charge in [-0.15, -0.1) is 0 Å². The van der Waals surface area contributed by atoms with Crippen LogP contribution in [0.2, 0.25) is 10.0 Å². The average molecular weight is 303 g/mol. The molecule has 0 spiro atoms. The normalized spacial score (nSPS) is 21.3. The summed E-state index contributed by atoms with van der Waals surface area (Å²) in [4.78, 5) is 14.1. The minimum absolute atomic E-state index is 0.120. The number of hydrogen-bond acceptors (Lipinski definition) is 3. The average Bonchev–Trinajstić information content (AvgIpc) is 2.41. The van der Waals surface area contributed by atoms with Crippen molar-refractivity contribution in [1.82, 2.24) is 4.90 Å². The van der Waals surface area contributed by atoms with Gasteiger partial charge in [0.25, 0.3) is 5.91 Å². The summed E-state index contributed by atoms with van der Waals surface area (Å²) in [5.74, 6) is -0.138. The van der Waals surface area contributed by atoms with Crippen molar-refractivity contribution in [3.8, 4) is 0 Å². The number of rotatable bonds is 2. The Labute approximate surface area is 122 Å². The maximum atomic E-state index is 12.4. The van der Waals surface area contributed by atoms with Gasteiger partial charge in [0.15, 0.2) is 0 Å². The van der Waals surface area contributed by atoms with Crippen LogP contribution >= 0.6 is 23.2 Å². The SMILES string of the molecule is C[C@H](N)[C@H]1CN(C(=O)c2cccc(Cl)c2Cl)CCO1. The zero-order chi connectivity index (χ0) is 14.0. The predicted octanol–water partition coefficient (Wildman–Crippen LogP) is 2.18. The quantitative estimate of drug-likeness (QED) is 0.911. The molecule has 0 unspecified atom stereocenters. The first-order valence-corrected chi connectivity index (χ1v) is 6.86. The summed E-state index contributed by atoms with van der Waals surface area (Å²) >= 11 is 12.0. The van der Waals surface area contributed by atoms with Crippen LogP contribution in [0.15, 0.2) is 18.2 Å². The second kappa shape index (κ2) is 6.09. The van der Waals surface area contributed by atoms with E-state index in [0.29, 0.717) is 30.3 Å². The van der Waals surface area contributed by atoms with E-state index in [9.17, 15) is 4.79 Å². The fourth-order valence-electron chi connectivity index (χ4n) is 2.02. The molecule has 1 aromatic rings. The van der Waals surface area contributed by atoms with Gasteiger partial charge in [0.2, 0.25) is 0 Å². The molecule has 0 bridgehead atoms. The van der Waals surface area contributed by atoms with Crippen molar-refractivity contribution < 1.29 is 9.53 Å². The Balaban J connectivity index is 2.17. The minimum atomic E-state index is -0.143. The molecular weight excluding hydrogens is 287 g/mol. The highest BCUT2D eigenvalue weighted by atomic mass is 35.5. The Bertz CT molecular complexity index is 480. The summed E-state index contributed by atoms with van der Waals surface area (Å²) in [5, 5.41) is 0.669. The molecule has 1 aliphatic heterocycles. The van der Waals surface area contributed by atoms with Crippen molar-refractivity contribution in [2.75, 3.05) is 19.7 Å². The van der Waals surface area contributed by atoms with Gasteiger partial charge in [0.1, 0.15) is 0 Å². The first kappa shape index (κ1) is 14.6. The number of morpholine rings is 1. The fourth-order valence-corrected chi connectivity index (χ4v) is 2.40. The molecule has 19 heavy (non-hydrogen) atoms. The monoisotopic (exact) mass is 302 g/mol. The number of halogens is 2. The predicted molar refractivity (Wildman–Crippen MR) is 75.8 cm³/mol. The standard InChI is InChI=1S/C13H16Cl2N2O2/c1-8(16)11-7-17(5-6-19-11)13(18)9-3-2-4-10(14)12(9)15/h2-4,8,11H,5-7,16H2,1H3/t8-,11+/m0/s1. The van der Waals surface area contributed by atoms with E-state index in [-0.39, 0.29) is 23.1 Å². The van der Waals surface area contributed by atoms with E-state index in [4.69, 9.17) is 33.7 Å². The van der Waals surface area contributed by atoms with Crippen LogP contribution in [0.1, 0.15) is 17.3 Å². The molecule has 1 fully saturated rings. The van der Waals surface area contributed by atoms with Crippen LogP contribution in [-0.2, 0) is 4.74 Å². The van der Waals surface area contributed by atoms with E-state index < -0.39 is 0 Å². The van der Waals surface area contributed by atoms with Crippen LogP contribution in [0, 0.1) is 0 Å². The Kier molecular flexibility index (Phi) is 4.68. The number of ether oxygens (including phenoxy) is 1. The van der Waals surface area contributed by atoms with Gasteiger partial charge in [-0.1, -0.05) is 29.3 Å². The fraction of sp³-hybridized carbons (Fsp3) is 0.462. The summed E-state index contributed by atoms with van der Waals surface area (Å²) in [6.45, 7) is 3.35. The highest BCUT2D eigenvalue weighted by molar-refractivity contribution is 6.43. The number of hydrogen-bond donors (Lipinski definition) is 1. The van der Waals surface area contributed by atoms with E-state index >= 15 is 0 Å². The lowest BCUT2D eigenvalue weighted by atomic mass is 10.1. The van der Waals surface area contributed by atoms with Gasteiger partial charge in [-0.2, -0.15) is 0 Å². The van der Waals surface area contributed by atoms with Crippen LogP contribution in [0.25, 0.3) is 0 Å². The molecular formula is C13H16Cl2N2O2. The molecule has 1 saturated heterocycles. The second-order valence-electron chi connectivity index (χ2n) is 4.62. The van der Waals surface area contributed by atoms with Gasteiger partial charge < -0.3 is 15.4 Å². The van der Waals surface area contributed by atoms with Crippen molar-refractivity contribution in [2.45, 2.75) is 19.1 Å². The zero-order valence-corrected chi connectivity index (χ0v) is 12.1. The highest BCUT2D eigenvalue weighted by Gasteiger charge is 2.28. The van der Waals surface area contributed by atoms with Gasteiger partial charge in [-0.05, 0) is 19.1 Å². The molecule has 2 rings (SSSR count). The van der Waals surface area contributed by atoms with E-state index in [2.05, 4.69) is 0 Å². The zero-order valence-electron chi connectivity index (χ0n) is 10.6. The summed E-state index contributed by atoms with van der Waals surface area (Å²) < 4.78 is 5.53. The molecule has 2 atom stereocenters. The van der Waals surface area contributed by atoms with Gasteiger partial charge in [-0.3, -0.25) is 4.79 Å². The first-order valence-electron chi connectivity index (χ1n) is 6.11. The van der Waals surface area contributed by atoms with Crippen LogP contribution < -0.4 is 5.73 Å². The van der Waals surface area contributed by atoms with Crippen molar-refractivity contribution in [3.63, 3.8) is 0 Å². The summed E-state index contributed by atoms with van der Waals surface area (Å²) in [6.07, 6.45) is -0.143. The number of carbonyl (C=O) groups excluding carboxylic acids is 1. The van der Waals surface area contributed by atoms with Crippen molar-refractivity contribution in [3.05, 3.63) is 33.8 Å². The van der Waals surface area contributed by atoms with Gasteiger partial charge in [0, 0.05) is 19.1 Å². The molecule has 2 N–H and O–H groups in total. The lowest BCUT2D eigenvalue weighted by molar-refractivity contribution is -0.0300. The van der Waals surface area contributed by atoms with Crippen LogP contribution in [-0.4, -0.2) is 42.6 Å². The van der Waals surface area contributed by atoms with E-state index in [0.717, 1.165) is 0 Å². The third-order valence-corrected chi connectivity index (χ3v) is 3.97. The maximum Gasteiger partial charge on any atom is 0.255 e. The molecule has 1 heterocycles. The van der Waals surface area contributed by atoms with E-state index in [1.165, 1.54) is 0 Å². The molecule has 0 radical (unpaired) electrons. The summed E-state index contributed by atoms with van der Waals surface area (Å²) in [5.41, 5.74) is 6.23.